The van der Waals surface area contributed by atoms with E-state index in [0.29, 0.717) is 11.1 Å². The molecule has 0 aliphatic heterocycles. The number of carbonyl (C=O) groups excluding carboxylic acids is 1. The van der Waals surface area contributed by atoms with Gasteiger partial charge in [-0.1, -0.05) is 0 Å². The fourth-order valence-electron chi connectivity index (χ4n) is 1.12. The van der Waals surface area contributed by atoms with Gasteiger partial charge in [0.05, 0.1) is 5.56 Å². The summed E-state index contributed by atoms with van der Waals surface area (Å²) in [4.78, 5) is 15.2. The molecule has 0 spiro atoms. The van der Waals surface area contributed by atoms with Crippen molar-refractivity contribution in [2.75, 3.05) is 0 Å². The third-order valence-corrected chi connectivity index (χ3v) is 1.78. The third kappa shape index (κ3) is 5.84. The number of halogens is 1. The molecule has 0 radical (unpaired) electrons. The van der Waals surface area contributed by atoms with Gasteiger partial charge in [0.15, 0.2) is 0 Å². The highest BCUT2D eigenvalue weighted by atomic mass is 35.5. The van der Waals surface area contributed by atoms with Crippen molar-refractivity contribution in [3.05, 3.63) is 29.6 Å². The number of pyridine rings is 1. The summed E-state index contributed by atoms with van der Waals surface area (Å²) >= 11 is 0. The fourth-order valence-corrected chi connectivity index (χ4v) is 1.12. The predicted octanol–water partition coefficient (Wildman–Crippen LogP) is 2.23. The monoisotopic (exact) mass is 282 g/mol. The molecular formula is C12H15ClN4O2. The molecule has 1 heterocycles. The molecule has 0 aromatic carbocycles. The first-order valence-corrected chi connectivity index (χ1v) is 5.26. The molecule has 0 atom stereocenters. The molecule has 7 heteroatoms. The van der Waals surface area contributed by atoms with Gasteiger partial charge in [-0.15, -0.1) is 12.4 Å². The number of nitrogens with zero attached hydrogens (tertiary/aromatic N) is 2. The van der Waals surface area contributed by atoms with Crippen molar-refractivity contribution in [2.45, 2.75) is 26.4 Å². The number of alkyl carbamates (subject to hydrolysis) is 1. The van der Waals surface area contributed by atoms with Gasteiger partial charge in [0.1, 0.15) is 17.5 Å². The highest BCUT2D eigenvalue weighted by Crippen LogP contribution is 2.07. The van der Waals surface area contributed by atoms with Gasteiger partial charge in [0.25, 0.3) is 0 Å². The highest BCUT2D eigenvalue weighted by Gasteiger charge is 2.17. The average molecular weight is 283 g/mol. The molecule has 0 saturated carbocycles. The van der Waals surface area contributed by atoms with Crippen molar-refractivity contribution in [1.29, 1.82) is 10.7 Å². The SMILES string of the molecule is CC(C)(C)OC(=O)NC(=N)c1cncc(C#N)c1.Cl. The van der Waals surface area contributed by atoms with Gasteiger partial charge in [-0.25, -0.2) is 4.79 Å². The number of hydrogen-bond acceptors (Lipinski definition) is 5. The van der Waals surface area contributed by atoms with E-state index in [1.165, 1.54) is 18.5 Å². The number of carbonyl (C=O) groups is 1. The van der Waals surface area contributed by atoms with E-state index < -0.39 is 11.7 Å². The van der Waals surface area contributed by atoms with E-state index in [2.05, 4.69) is 10.3 Å². The van der Waals surface area contributed by atoms with Crippen LogP contribution in [0.1, 0.15) is 31.9 Å². The Morgan fingerprint density at radius 1 is 1.47 bits per heavy atom. The molecular weight excluding hydrogens is 268 g/mol. The predicted molar refractivity (Wildman–Crippen MR) is 72.4 cm³/mol. The minimum atomic E-state index is -0.713. The Kier molecular flexibility index (Phi) is 5.96. The number of amidine groups is 1. The maximum absolute atomic E-state index is 11.4. The van der Waals surface area contributed by atoms with E-state index in [9.17, 15) is 4.79 Å². The van der Waals surface area contributed by atoms with Crippen LogP contribution in [-0.4, -0.2) is 22.5 Å². The molecule has 0 aliphatic rings. The molecule has 6 nitrogen and oxygen atoms in total. The van der Waals surface area contributed by atoms with E-state index in [-0.39, 0.29) is 18.2 Å². The number of ether oxygens (including phenoxy) is 1. The van der Waals surface area contributed by atoms with Gasteiger partial charge in [-0.05, 0) is 26.8 Å². The van der Waals surface area contributed by atoms with E-state index in [1.54, 1.807) is 20.8 Å². The molecule has 0 fully saturated rings. The second-order valence-electron chi connectivity index (χ2n) is 4.58. The van der Waals surface area contributed by atoms with E-state index in [4.69, 9.17) is 15.4 Å². The summed E-state index contributed by atoms with van der Waals surface area (Å²) in [6.07, 6.45) is 2.06. The zero-order valence-electron chi connectivity index (χ0n) is 10.9. The molecule has 102 valence electrons. The number of aromatic nitrogens is 1. The minimum Gasteiger partial charge on any atom is -0.444 e. The van der Waals surface area contributed by atoms with E-state index in [0.717, 1.165) is 0 Å². The lowest BCUT2D eigenvalue weighted by Crippen LogP contribution is -2.36. The molecule has 0 bridgehead atoms. The standard InChI is InChI=1S/C12H14N4O2.ClH/c1-12(2,3)18-11(17)16-10(14)9-4-8(5-13)6-15-7-9;/h4,6-7H,1-3H3,(H2,14,16,17);1H. The van der Waals surface area contributed by atoms with Crippen LogP contribution in [0.25, 0.3) is 0 Å². The Morgan fingerprint density at radius 2 is 2.11 bits per heavy atom. The summed E-state index contributed by atoms with van der Waals surface area (Å²) in [6.45, 7) is 5.19. The lowest BCUT2D eigenvalue weighted by atomic mass is 10.2. The maximum Gasteiger partial charge on any atom is 0.413 e. The zero-order valence-corrected chi connectivity index (χ0v) is 11.7. The normalized spacial score (nSPS) is 9.79. The summed E-state index contributed by atoms with van der Waals surface area (Å²) < 4.78 is 5.01. The average Bonchev–Trinajstić information content (AvgIpc) is 2.26. The van der Waals surface area contributed by atoms with Crippen LogP contribution in [0.5, 0.6) is 0 Å². The Bertz CT molecular complexity index is 517. The first-order chi connectivity index (χ1) is 8.31. The van der Waals surface area contributed by atoms with E-state index in [1.807, 2.05) is 6.07 Å². The summed E-state index contributed by atoms with van der Waals surface area (Å²) in [6, 6.07) is 3.38. The van der Waals surface area contributed by atoms with Crippen LogP contribution in [0.15, 0.2) is 18.5 Å². The molecule has 0 aliphatic carbocycles. The first-order valence-electron chi connectivity index (χ1n) is 5.26. The maximum atomic E-state index is 11.4. The Morgan fingerprint density at radius 3 is 2.63 bits per heavy atom. The summed E-state index contributed by atoms with van der Waals surface area (Å²) in [5.41, 5.74) is 0.0417. The number of nitriles is 1. The van der Waals surface area contributed by atoms with Crippen molar-refractivity contribution >= 4 is 24.3 Å². The second kappa shape index (κ2) is 6.71. The first kappa shape index (κ1) is 16.9. The number of nitrogens with one attached hydrogen (secondary N) is 2. The smallest absolute Gasteiger partial charge is 0.413 e. The quantitative estimate of drug-likeness (QED) is 0.609. The Labute approximate surface area is 117 Å². The summed E-state index contributed by atoms with van der Waals surface area (Å²) in [7, 11) is 0. The lowest BCUT2D eigenvalue weighted by Gasteiger charge is -2.19. The molecule has 0 saturated heterocycles. The topological polar surface area (TPSA) is 98.9 Å². The molecule has 1 rings (SSSR count). The number of hydrogen-bond donors (Lipinski definition) is 2. The summed E-state index contributed by atoms with van der Waals surface area (Å²) in [5, 5.41) is 18.7. The van der Waals surface area contributed by atoms with Crippen molar-refractivity contribution in [3.63, 3.8) is 0 Å². The van der Waals surface area contributed by atoms with Crippen LogP contribution in [0, 0.1) is 16.7 Å². The van der Waals surface area contributed by atoms with Crippen molar-refractivity contribution in [3.8, 4) is 6.07 Å². The Balaban J connectivity index is 0.00000324. The molecule has 0 unspecified atom stereocenters. The van der Waals surface area contributed by atoms with Crippen LogP contribution in [0.4, 0.5) is 4.79 Å². The molecule has 1 aromatic heterocycles. The van der Waals surface area contributed by atoms with Crippen molar-refractivity contribution < 1.29 is 9.53 Å². The number of rotatable bonds is 1. The van der Waals surface area contributed by atoms with Crippen LogP contribution in [0.2, 0.25) is 0 Å². The zero-order chi connectivity index (χ0) is 13.8. The van der Waals surface area contributed by atoms with Gasteiger partial charge in [0.2, 0.25) is 0 Å². The molecule has 2 N–H and O–H groups in total. The summed E-state index contributed by atoms with van der Waals surface area (Å²) in [5.74, 6) is -0.158. The largest absolute Gasteiger partial charge is 0.444 e. The lowest BCUT2D eigenvalue weighted by molar-refractivity contribution is 0.0563. The van der Waals surface area contributed by atoms with Crippen LogP contribution >= 0.6 is 12.4 Å². The van der Waals surface area contributed by atoms with Crippen LogP contribution in [0.3, 0.4) is 0 Å². The molecule has 1 amide bonds. The van der Waals surface area contributed by atoms with E-state index >= 15 is 0 Å². The van der Waals surface area contributed by atoms with Gasteiger partial charge in [0, 0.05) is 18.0 Å². The van der Waals surface area contributed by atoms with Gasteiger partial charge >= 0.3 is 6.09 Å². The molecule has 19 heavy (non-hydrogen) atoms. The van der Waals surface area contributed by atoms with Crippen molar-refractivity contribution in [2.24, 2.45) is 0 Å². The highest BCUT2D eigenvalue weighted by molar-refractivity contribution is 6.04. The van der Waals surface area contributed by atoms with Crippen LogP contribution < -0.4 is 5.32 Å². The van der Waals surface area contributed by atoms with Crippen LogP contribution in [-0.2, 0) is 4.74 Å². The van der Waals surface area contributed by atoms with Crippen molar-refractivity contribution in [1.82, 2.24) is 10.3 Å². The fraction of sp³-hybridized carbons (Fsp3) is 0.333. The van der Waals surface area contributed by atoms with Gasteiger partial charge in [-0.2, -0.15) is 5.26 Å². The second-order valence-corrected chi connectivity index (χ2v) is 4.58. The number of amides is 1. The minimum absolute atomic E-state index is 0. The molecule has 1 aromatic rings. The third-order valence-electron chi connectivity index (χ3n) is 1.78. The Hall–Kier alpha value is -2.13. The van der Waals surface area contributed by atoms with Gasteiger partial charge in [-0.3, -0.25) is 15.7 Å². The van der Waals surface area contributed by atoms with Gasteiger partial charge < -0.3 is 4.74 Å².